The largest absolute Gasteiger partial charge is 0.284 e. The van der Waals surface area contributed by atoms with E-state index < -0.39 is 10.0 Å². The van der Waals surface area contributed by atoms with Gasteiger partial charge in [0, 0.05) is 12.2 Å². The van der Waals surface area contributed by atoms with Crippen molar-refractivity contribution in [3.63, 3.8) is 0 Å². The van der Waals surface area contributed by atoms with Crippen LogP contribution in [-0.2, 0) is 10.0 Å². The Labute approximate surface area is 102 Å². The molecule has 1 aliphatic carbocycles. The van der Waals surface area contributed by atoms with Crippen LogP contribution in [0.5, 0.6) is 0 Å². The SMILES string of the molecule is CCC1CCC(NS(=O)(=O)c2cn[nH]c2)C1C. The molecule has 0 radical (unpaired) electrons. The molecule has 2 rings (SSSR count). The Hall–Kier alpha value is -0.880. The van der Waals surface area contributed by atoms with Crippen LogP contribution in [0.15, 0.2) is 17.3 Å². The van der Waals surface area contributed by atoms with Crippen molar-refractivity contribution in [1.82, 2.24) is 14.9 Å². The molecule has 2 N–H and O–H groups in total. The average Bonchev–Trinajstić information content (AvgIpc) is 2.90. The highest BCUT2D eigenvalue weighted by Gasteiger charge is 2.34. The van der Waals surface area contributed by atoms with Gasteiger partial charge in [-0.2, -0.15) is 5.10 Å². The van der Waals surface area contributed by atoms with Crippen LogP contribution >= 0.6 is 0 Å². The second-order valence-corrected chi connectivity index (χ2v) is 6.48. The van der Waals surface area contributed by atoms with E-state index in [1.807, 2.05) is 0 Å². The molecule has 1 aliphatic rings. The van der Waals surface area contributed by atoms with Crippen molar-refractivity contribution in [3.8, 4) is 0 Å². The molecule has 6 heteroatoms. The lowest BCUT2D eigenvalue weighted by Gasteiger charge is -2.20. The molecular formula is C11H19N3O2S. The summed E-state index contributed by atoms with van der Waals surface area (Å²) in [4.78, 5) is 0.213. The Morgan fingerprint density at radius 3 is 2.82 bits per heavy atom. The van der Waals surface area contributed by atoms with Crippen LogP contribution in [0.2, 0.25) is 0 Å². The number of hydrogen-bond acceptors (Lipinski definition) is 3. The van der Waals surface area contributed by atoms with E-state index >= 15 is 0 Å². The summed E-state index contributed by atoms with van der Waals surface area (Å²) in [7, 11) is -3.41. The van der Waals surface area contributed by atoms with Crippen LogP contribution < -0.4 is 4.72 Å². The van der Waals surface area contributed by atoms with E-state index in [1.54, 1.807) is 0 Å². The van der Waals surface area contributed by atoms with Crippen molar-refractivity contribution in [2.24, 2.45) is 11.8 Å². The molecule has 1 heterocycles. The lowest BCUT2D eigenvalue weighted by Crippen LogP contribution is -2.37. The first-order valence-corrected chi connectivity index (χ1v) is 7.54. The summed E-state index contributed by atoms with van der Waals surface area (Å²) in [6.07, 6.45) is 5.89. The summed E-state index contributed by atoms with van der Waals surface area (Å²) in [5.41, 5.74) is 0. The molecule has 5 nitrogen and oxygen atoms in total. The van der Waals surface area contributed by atoms with Crippen LogP contribution in [0, 0.1) is 11.8 Å². The van der Waals surface area contributed by atoms with E-state index in [-0.39, 0.29) is 10.9 Å². The molecule has 0 amide bonds. The minimum Gasteiger partial charge on any atom is -0.284 e. The molecule has 3 atom stereocenters. The van der Waals surface area contributed by atoms with Crippen LogP contribution in [0.3, 0.4) is 0 Å². The zero-order chi connectivity index (χ0) is 12.5. The lowest BCUT2D eigenvalue weighted by atomic mass is 9.94. The Kier molecular flexibility index (Phi) is 3.53. The maximum absolute atomic E-state index is 12.0. The van der Waals surface area contributed by atoms with Gasteiger partial charge in [-0.3, -0.25) is 5.10 Å². The van der Waals surface area contributed by atoms with E-state index in [9.17, 15) is 8.42 Å². The van der Waals surface area contributed by atoms with Crippen LogP contribution in [0.4, 0.5) is 0 Å². The quantitative estimate of drug-likeness (QED) is 0.858. The fraction of sp³-hybridized carbons (Fsp3) is 0.727. The van der Waals surface area contributed by atoms with Crippen LogP contribution in [0.1, 0.15) is 33.1 Å². The number of nitrogens with one attached hydrogen (secondary N) is 2. The molecule has 0 bridgehead atoms. The second-order valence-electron chi connectivity index (χ2n) is 4.77. The van der Waals surface area contributed by atoms with Gasteiger partial charge in [0.2, 0.25) is 10.0 Å². The second kappa shape index (κ2) is 4.78. The summed E-state index contributed by atoms with van der Waals surface area (Å²) >= 11 is 0. The van der Waals surface area contributed by atoms with Gasteiger partial charge in [-0.25, -0.2) is 13.1 Å². The number of nitrogens with zero attached hydrogens (tertiary/aromatic N) is 1. The van der Waals surface area contributed by atoms with E-state index in [2.05, 4.69) is 28.8 Å². The highest BCUT2D eigenvalue weighted by atomic mass is 32.2. The van der Waals surface area contributed by atoms with Gasteiger partial charge in [0.25, 0.3) is 0 Å². The normalized spacial score (nSPS) is 29.6. The summed E-state index contributed by atoms with van der Waals surface area (Å²) in [5, 5.41) is 6.19. The fourth-order valence-electron chi connectivity index (χ4n) is 2.64. The molecule has 3 unspecified atom stereocenters. The number of aromatic nitrogens is 2. The van der Waals surface area contributed by atoms with Crippen molar-refractivity contribution in [2.45, 2.75) is 44.0 Å². The number of aromatic amines is 1. The van der Waals surface area contributed by atoms with Gasteiger partial charge in [0.15, 0.2) is 0 Å². The van der Waals surface area contributed by atoms with Gasteiger partial charge in [0.05, 0.1) is 6.20 Å². The Morgan fingerprint density at radius 2 is 2.29 bits per heavy atom. The molecule has 0 saturated heterocycles. The average molecular weight is 257 g/mol. The molecule has 1 aromatic heterocycles. The lowest BCUT2D eigenvalue weighted by molar-refractivity contribution is 0.368. The number of hydrogen-bond donors (Lipinski definition) is 2. The first-order valence-electron chi connectivity index (χ1n) is 6.05. The molecule has 0 spiro atoms. The van der Waals surface area contributed by atoms with Gasteiger partial charge < -0.3 is 0 Å². The molecular weight excluding hydrogens is 238 g/mol. The molecule has 1 fully saturated rings. The molecule has 96 valence electrons. The summed E-state index contributed by atoms with van der Waals surface area (Å²) in [6, 6.07) is 0.0554. The summed E-state index contributed by atoms with van der Waals surface area (Å²) in [5.74, 6) is 1.04. The Bertz CT molecular complexity index is 455. The van der Waals surface area contributed by atoms with Crippen molar-refractivity contribution < 1.29 is 8.42 Å². The molecule has 1 saturated carbocycles. The van der Waals surface area contributed by atoms with Crippen molar-refractivity contribution in [3.05, 3.63) is 12.4 Å². The van der Waals surface area contributed by atoms with Crippen LogP contribution in [0.25, 0.3) is 0 Å². The smallest absolute Gasteiger partial charge is 0.243 e. The van der Waals surface area contributed by atoms with E-state index in [1.165, 1.54) is 12.4 Å². The molecule has 0 aliphatic heterocycles. The van der Waals surface area contributed by atoms with Gasteiger partial charge in [-0.1, -0.05) is 20.3 Å². The summed E-state index contributed by atoms with van der Waals surface area (Å²) < 4.78 is 26.8. The van der Waals surface area contributed by atoms with Gasteiger partial charge >= 0.3 is 0 Å². The predicted molar refractivity (Wildman–Crippen MR) is 64.9 cm³/mol. The predicted octanol–water partition coefficient (Wildman–Crippen LogP) is 1.51. The number of H-pyrrole nitrogens is 1. The maximum atomic E-state index is 12.0. The van der Waals surface area contributed by atoms with E-state index in [0.717, 1.165) is 19.3 Å². The standard InChI is InChI=1S/C11H19N3O2S/c1-3-9-4-5-11(8(9)2)14-17(15,16)10-6-12-13-7-10/h6-9,11,14H,3-5H2,1-2H3,(H,12,13). The molecule has 17 heavy (non-hydrogen) atoms. The minimum absolute atomic E-state index is 0.0554. The third kappa shape index (κ3) is 2.52. The first-order chi connectivity index (χ1) is 8.04. The van der Waals surface area contributed by atoms with Crippen LogP contribution in [-0.4, -0.2) is 24.7 Å². The highest BCUT2D eigenvalue weighted by molar-refractivity contribution is 7.89. The topological polar surface area (TPSA) is 74.8 Å². The monoisotopic (exact) mass is 257 g/mol. The third-order valence-corrected chi connectivity index (χ3v) is 5.30. The zero-order valence-corrected chi connectivity index (χ0v) is 11.0. The molecule has 0 aromatic carbocycles. The Balaban J connectivity index is 2.08. The highest BCUT2D eigenvalue weighted by Crippen LogP contribution is 2.34. The maximum Gasteiger partial charge on any atom is 0.243 e. The van der Waals surface area contributed by atoms with Gasteiger partial charge in [-0.15, -0.1) is 0 Å². The van der Waals surface area contributed by atoms with E-state index in [4.69, 9.17) is 0 Å². The zero-order valence-electron chi connectivity index (χ0n) is 10.2. The summed E-state index contributed by atoms with van der Waals surface area (Å²) in [6.45, 7) is 4.29. The van der Waals surface area contributed by atoms with Gasteiger partial charge in [0.1, 0.15) is 4.90 Å². The van der Waals surface area contributed by atoms with Crippen molar-refractivity contribution in [2.75, 3.05) is 0 Å². The fourth-order valence-corrected chi connectivity index (χ4v) is 3.91. The van der Waals surface area contributed by atoms with E-state index in [0.29, 0.717) is 11.8 Å². The number of rotatable bonds is 4. The number of sulfonamides is 1. The van der Waals surface area contributed by atoms with Crippen molar-refractivity contribution >= 4 is 10.0 Å². The Morgan fingerprint density at radius 1 is 1.53 bits per heavy atom. The third-order valence-electron chi connectivity index (χ3n) is 3.84. The van der Waals surface area contributed by atoms with Gasteiger partial charge in [-0.05, 0) is 24.7 Å². The molecule has 1 aromatic rings. The van der Waals surface area contributed by atoms with Crippen molar-refractivity contribution in [1.29, 1.82) is 0 Å². The minimum atomic E-state index is -3.41. The first kappa shape index (κ1) is 12.6.